The number of benzene rings is 1. The lowest BCUT2D eigenvalue weighted by Crippen LogP contribution is -1.97. The van der Waals surface area contributed by atoms with Crippen LogP contribution >= 0.6 is 54.2 Å². The van der Waals surface area contributed by atoms with Crippen LogP contribution in [0.25, 0.3) is 5.76 Å². The molecule has 0 radical (unpaired) electrons. The topological polar surface area (TPSA) is 44.8 Å². The van der Waals surface area contributed by atoms with Crippen molar-refractivity contribution in [1.82, 2.24) is 0 Å². The summed E-state index contributed by atoms with van der Waals surface area (Å²) < 4.78 is 26.3. The van der Waals surface area contributed by atoms with Gasteiger partial charge >= 0.3 is 7.82 Å². The van der Waals surface area contributed by atoms with Crippen LogP contribution in [0.3, 0.4) is 0 Å². The Morgan fingerprint density at radius 2 is 1.84 bits per heavy atom. The molecule has 0 amide bonds. The summed E-state index contributed by atoms with van der Waals surface area (Å²) in [6.07, 6.45) is 0. The average molecular weight is 366 g/mol. The molecule has 0 aliphatic rings. The van der Waals surface area contributed by atoms with E-state index in [1.54, 1.807) is 0 Å². The van der Waals surface area contributed by atoms with E-state index in [0.29, 0.717) is 5.56 Å². The van der Waals surface area contributed by atoms with Gasteiger partial charge in [-0.1, -0.05) is 53.0 Å². The molecule has 4 nitrogen and oxygen atoms in total. The molecule has 106 valence electrons. The molecule has 0 spiro atoms. The summed E-state index contributed by atoms with van der Waals surface area (Å²) in [5.74, 6) is -0.0427. The highest BCUT2D eigenvalue weighted by molar-refractivity contribution is 7.48. The van der Waals surface area contributed by atoms with E-state index >= 15 is 0 Å². The van der Waals surface area contributed by atoms with Crippen LogP contribution in [0.2, 0.25) is 15.1 Å². The number of rotatable bonds is 6. The summed E-state index contributed by atoms with van der Waals surface area (Å²) in [6, 6.07) is 2.47. The highest BCUT2D eigenvalue weighted by Gasteiger charge is 2.28. The Kier molecular flexibility index (Phi) is 6.48. The lowest BCUT2D eigenvalue weighted by atomic mass is 10.2. The summed E-state index contributed by atoms with van der Waals surface area (Å²) in [4.78, 5) is 0. The van der Waals surface area contributed by atoms with Crippen LogP contribution in [0.1, 0.15) is 5.56 Å². The van der Waals surface area contributed by atoms with Crippen molar-refractivity contribution in [2.45, 2.75) is 0 Å². The molecule has 0 fully saturated rings. The number of hydrogen-bond acceptors (Lipinski definition) is 4. The maximum absolute atomic E-state index is 11.9. The molecule has 0 N–H and O–H groups in total. The molecule has 0 aliphatic heterocycles. The Balaban J connectivity index is 3.02. The van der Waals surface area contributed by atoms with Gasteiger partial charge in [0.2, 0.25) is 0 Å². The second kappa shape index (κ2) is 7.19. The Morgan fingerprint density at radius 1 is 1.26 bits per heavy atom. The molecule has 0 bridgehead atoms. The quantitative estimate of drug-likeness (QED) is 0.285. The zero-order valence-electron chi connectivity index (χ0n) is 9.66. The molecule has 1 aromatic carbocycles. The van der Waals surface area contributed by atoms with Gasteiger partial charge in [-0.25, -0.2) is 4.57 Å². The van der Waals surface area contributed by atoms with E-state index in [4.69, 9.17) is 50.9 Å². The first kappa shape index (κ1) is 17.1. The van der Waals surface area contributed by atoms with Gasteiger partial charge in [-0.05, 0) is 12.1 Å². The SMILES string of the molecule is C=C(OP(=O)(OC)OCCl)c1cc(Cl)c(Cl)cc1Cl. The van der Waals surface area contributed by atoms with Crippen molar-refractivity contribution in [3.63, 3.8) is 0 Å². The lowest BCUT2D eigenvalue weighted by Gasteiger charge is -2.17. The maximum atomic E-state index is 11.9. The molecular formula is C10H9Cl4O4P. The van der Waals surface area contributed by atoms with Crippen LogP contribution in [0.4, 0.5) is 0 Å². The Bertz CT molecular complexity index is 535. The van der Waals surface area contributed by atoms with Gasteiger partial charge in [-0.3, -0.25) is 9.05 Å². The minimum atomic E-state index is -3.83. The zero-order chi connectivity index (χ0) is 14.6. The summed E-state index contributed by atoms with van der Waals surface area (Å²) in [7, 11) is -2.68. The van der Waals surface area contributed by atoms with Gasteiger partial charge in [0.05, 0.1) is 15.1 Å². The van der Waals surface area contributed by atoms with E-state index in [-0.39, 0.29) is 26.9 Å². The van der Waals surface area contributed by atoms with E-state index in [1.165, 1.54) is 12.1 Å². The summed E-state index contributed by atoms with van der Waals surface area (Å²) >= 11 is 22.9. The zero-order valence-corrected chi connectivity index (χ0v) is 13.6. The summed E-state index contributed by atoms with van der Waals surface area (Å²) in [5.41, 5.74) is 0.312. The molecule has 0 saturated heterocycles. The van der Waals surface area contributed by atoms with Gasteiger partial charge in [-0.2, -0.15) is 0 Å². The van der Waals surface area contributed by atoms with Crippen LogP contribution in [0.15, 0.2) is 18.7 Å². The molecule has 0 heterocycles. The van der Waals surface area contributed by atoms with Crippen molar-refractivity contribution >= 4 is 60.0 Å². The fourth-order valence-electron chi connectivity index (χ4n) is 1.10. The first-order valence-electron chi connectivity index (χ1n) is 4.72. The second-order valence-electron chi connectivity index (χ2n) is 3.13. The number of halogens is 4. The normalized spacial score (nSPS) is 13.9. The summed E-state index contributed by atoms with van der Waals surface area (Å²) in [5, 5.41) is 0.749. The molecule has 1 unspecified atom stereocenters. The average Bonchev–Trinajstić information content (AvgIpc) is 2.33. The molecular weight excluding hydrogens is 357 g/mol. The van der Waals surface area contributed by atoms with Crippen molar-refractivity contribution < 1.29 is 18.1 Å². The molecule has 19 heavy (non-hydrogen) atoms. The fourth-order valence-corrected chi connectivity index (χ4v) is 2.83. The summed E-state index contributed by atoms with van der Waals surface area (Å²) in [6.45, 7) is 3.59. The van der Waals surface area contributed by atoms with Crippen molar-refractivity contribution in [2.24, 2.45) is 0 Å². The molecule has 9 heteroatoms. The third-order valence-corrected chi connectivity index (χ3v) is 4.60. The molecule has 1 aromatic rings. The fraction of sp³-hybridized carbons (Fsp3) is 0.200. The van der Waals surface area contributed by atoms with Crippen LogP contribution in [0, 0.1) is 0 Å². The standard InChI is InChI=1S/C10H9Cl4O4P/c1-6(18-19(15,16-2)17-5-11)7-3-9(13)10(14)4-8(7)12/h3-4H,1,5H2,2H3. The van der Waals surface area contributed by atoms with Crippen LogP contribution in [-0.2, 0) is 18.1 Å². The van der Waals surface area contributed by atoms with Crippen molar-refractivity contribution in [3.8, 4) is 0 Å². The van der Waals surface area contributed by atoms with E-state index in [0.717, 1.165) is 7.11 Å². The minimum absolute atomic E-state index is 0.0427. The minimum Gasteiger partial charge on any atom is -0.404 e. The third kappa shape index (κ3) is 4.54. The van der Waals surface area contributed by atoms with E-state index < -0.39 is 7.82 Å². The van der Waals surface area contributed by atoms with Gasteiger partial charge in [0.25, 0.3) is 0 Å². The molecule has 1 atom stereocenters. The van der Waals surface area contributed by atoms with Crippen LogP contribution in [0.5, 0.6) is 0 Å². The maximum Gasteiger partial charge on any atom is 0.530 e. The first-order chi connectivity index (χ1) is 8.83. The Labute approximate surface area is 130 Å². The highest BCUT2D eigenvalue weighted by atomic mass is 35.5. The molecule has 0 aromatic heterocycles. The highest BCUT2D eigenvalue weighted by Crippen LogP contribution is 2.52. The number of phosphoric acid groups is 1. The van der Waals surface area contributed by atoms with E-state index in [1.807, 2.05) is 0 Å². The van der Waals surface area contributed by atoms with Gasteiger partial charge in [0.1, 0.15) is 11.8 Å². The van der Waals surface area contributed by atoms with Crippen molar-refractivity contribution in [3.05, 3.63) is 39.3 Å². The van der Waals surface area contributed by atoms with Gasteiger partial charge in [0.15, 0.2) is 0 Å². The number of hydrogen-bond donors (Lipinski definition) is 0. The van der Waals surface area contributed by atoms with E-state index in [2.05, 4.69) is 15.6 Å². The third-order valence-electron chi connectivity index (χ3n) is 1.96. The first-order valence-corrected chi connectivity index (χ1v) is 7.85. The smallest absolute Gasteiger partial charge is 0.404 e. The lowest BCUT2D eigenvalue weighted by molar-refractivity contribution is 0.193. The molecule has 0 saturated carbocycles. The monoisotopic (exact) mass is 364 g/mol. The van der Waals surface area contributed by atoms with Crippen LogP contribution < -0.4 is 0 Å². The van der Waals surface area contributed by atoms with Crippen molar-refractivity contribution in [2.75, 3.05) is 13.2 Å². The Hall–Kier alpha value is 0.0700. The number of phosphoric ester groups is 1. The predicted octanol–water partition coefficient (Wildman–Crippen LogP) is 5.60. The largest absolute Gasteiger partial charge is 0.530 e. The van der Waals surface area contributed by atoms with Crippen LogP contribution in [-0.4, -0.2) is 13.2 Å². The van der Waals surface area contributed by atoms with Gasteiger partial charge < -0.3 is 4.52 Å². The van der Waals surface area contributed by atoms with E-state index in [9.17, 15) is 4.57 Å². The molecule has 0 aliphatic carbocycles. The predicted molar refractivity (Wildman–Crippen MR) is 78.0 cm³/mol. The second-order valence-corrected chi connectivity index (χ2v) is 6.27. The van der Waals surface area contributed by atoms with Gasteiger partial charge in [0, 0.05) is 12.7 Å². The Morgan fingerprint density at radius 3 is 2.37 bits per heavy atom. The van der Waals surface area contributed by atoms with Crippen molar-refractivity contribution in [1.29, 1.82) is 0 Å². The number of alkyl halides is 1. The van der Waals surface area contributed by atoms with Gasteiger partial charge in [-0.15, -0.1) is 0 Å². The molecule has 1 rings (SSSR count).